The second-order valence-electron chi connectivity index (χ2n) is 6.88. The van der Waals surface area contributed by atoms with Crippen molar-refractivity contribution in [3.05, 3.63) is 57.8 Å². The van der Waals surface area contributed by atoms with Crippen molar-refractivity contribution in [2.24, 2.45) is 0 Å². The van der Waals surface area contributed by atoms with Crippen molar-refractivity contribution < 1.29 is 9.13 Å². The lowest BCUT2D eigenvalue weighted by atomic mass is 9.89. The molecule has 0 amide bonds. The Labute approximate surface area is 161 Å². The minimum Gasteiger partial charge on any atom is -0.487 e. The van der Waals surface area contributed by atoms with E-state index in [9.17, 15) is 4.39 Å². The molecule has 0 aromatic heterocycles. The van der Waals surface area contributed by atoms with Gasteiger partial charge in [-0.05, 0) is 62.8 Å². The molecule has 0 saturated heterocycles. The van der Waals surface area contributed by atoms with Crippen molar-refractivity contribution in [2.45, 2.75) is 38.8 Å². The zero-order valence-corrected chi connectivity index (χ0v) is 16.7. The van der Waals surface area contributed by atoms with Crippen LogP contribution in [0.25, 0.3) is 0 Å². The average molecular weight is 423 g/mol. The van der Waals surface area contributed by atoms with E-state index in [1.807, 2.05) is 13.0 Å². The van der Waals surface area contributed by atoms with Gasteiger partial charge in [0.05, 0.1) is 11.7 Å². The van der Waals surface area contributed by atoms with E-state index in [4.69, 9.17) is 17.0 Å². The number of fused-ring (bicyclic) bond motifs is 1. The molecule has 0 saturated carbocycles. The van der Waals surface area contributed by atoms with E-state index < -0.39 is 0 Å². The van der Waals surface area contributed by atoms with E-state index in [0.29, 0.717) is 15.3 Å². The van der Waals surface area contributed by atoms with Gasteiger partial charge in [-0.3, -0.25) is 0 Å². The summed E-state index contributed by atoms with van der Waals surface area (Å²) in [6.45, 7) is 6.14. The van der Waals surface area contributed by atoms with E-state index in [-0.39, 0.29) is 17.5 Å². The fraction of sp³-hybridized carbons (Fsp3) is 0.316. The lowest BCUT2D eigenvalue weighted by molar-refractivity contribution is 0.0696. The van der Waals surface area contributed by atoms with Gasteiger partial charge in [0.2, 0.25) is 0 Å². The van der Waals surface area contributed by atoms with Gasteiger partial charge in [-0.15, -0.1) is 0 Å². The van der Waals surface area contributed by atoms with Gasteiger partial charge in [0.25, 0.3) is 0 Å². The van der Waals surface area contributed by atoms with Crippen LogP contribution < -0.4 is 15.4 Å². The molecule has 6 heteroatoms. The Morgan fingerprint density at radius 2 is 2.04 bits per heavy atom. The first-order chi connectivity index (χ1) is 11.7. The van der Waals surface area contributed by atoms with Gasteiger partial charge >= 0.3 is 0 Å². The van der Waals surface area contributed by atoms with E-state index >= 15 is 0 Å². The molecule has 2 aromatic carbocycles. The third-order valence-corrected chi connectivity index (χ3v) is 4.82. The van der Waals surface area contributed by atoms with Gasteiger partial charge in [0, 0.05) is 16.5 Å². The molecule has 1 aliphatic heterocycles. The van der Waals surface area contributed by atoms with Crippen LogP contribution in [-0.2, 0) is 0 Å². The van der Waals surface area contributed by atoms with Crippen LogP contribution >= 0.6 is 28.1 Å². The van der Waals surface area contributed by atoms with Crippen molar-refractivity contribution in [1.82, 2.24) is 5.32 Å². The third-order valence-electron chi connectivity index (χ3n) is 4.11. The number of aryl methyl sites for hydroxylation is 1. The summed E-state index contributed by atoms with van der Waals surface area (Å²) in [7, 11) is 0. The monoisotopic (exact) mass is 422 g/mol. The molecule has 0 spiro atoms. The molecule has 0 aliphatic carbocycles. The largest absolute Gasteiger partial charge is 0.487 e. The summed E-state index contributed by atoms with van der Waals surface area (Å²) in [4.78, 5) is 0. The maximum atomic E-state index is 14.0. The molecule has 132 valence electrons. The normalized spacial score (nSPS) is 18.0. The van der Waals surface area contributed by atoms with Gasteiger partial charge < -0.3 is 15.4 Å². The molecule has 3 nitrogen and oxygen atoms in total. The highest BCUT2D eigenvalue weighted by atomic mass is 79.9. The molecule has 2 aromatic rings. The average Bonchev–Trinajstić information content (AvgIpc) is 2.48. The molecule has 2 N–H and O–H groups in total. The summed E-state index contributed by atoms with van der Waals surface area (Å²) in [5.41, 5.74) is 2.24. The number of thiocarbonyl (C=S) groups is 1. The molecule has 1 unspecified atom stereocenters. The SMILES string of the molecule is Cc1ccc2c(c1)OC(C)(C)CC2NC(=S)Nc1ccc(Br)cc1F. The second-order valence-corrected chi connectivity index (χ2v) is 8.21. The Morgan fingerprint density at radius 3 is 2.76 bits per heavy atom. The topological polar surface area (TPSA) is 33.3 Å². The lowest BCUT2D eigenvalue weighted by Gasteiger charge is -2.38. The van der Waals surface area contributed by atoms with Gasteiger partial charge in [0.15, 0.2) is 5.11 Å². The Morgan fingerprint density at radius 1 is 1.28 bits per heavy atom. The van der Waals surface area contributed by atoms with Gasteiger partial charge in [0.1, 0.15) is 17.2 Å². The molecular formula is C19H20BrFN2OS. The van der Waals surface area contributed by atoms with Gasteiger partial charge in [-0.2, -0.15) is 0 Å². The fourth-order valence-electron chi connectivity index (χ4n) is 2.99. The number of benzene rings is 2. The van der Waals surface area contributed by atoms with Crippen LogP contribution in [0.5, 0.6) is 5.75 Å². The van der Waals surface area contributed by atoms with Crippen LogP contribution in [0.3, 0.4) is 0 Å². The number of rotatable bonds is 2. The Balaban J connectivity index is 1.79. The van der Waals surface area contributed by atoms with Crippen molar-refractivity contribution in [3.8, 4) is 5.75 Å². The highest BCUT2D eigenvalue weighted by Gasteiger charge is 2.34. The zero-order valence-electron chi connectivity index (χ0n) is 14.3. The minimum absolute atomic E-state index is 0.00198. The van der Waals surface area contributed by atoms with Crippen molar-refractivity contribution in [2.75, 3.05) is 5.32 Å². The summed E-state index contributed by atoms with van der Waals surface area (Å²) in [5.74, 6) is 0.508. The molecule has 1 heterocycles. The number of nitrogens with one attached hydrogen (secondary N) is 2. The lowest BCUT2D eigenvalue weighted by Crippen LogP contribution is -2.42. The maximum absolute atomic E-state index is 14.0. The molecule has 25 heavy (non-hydrogen) atoms. The molecule has 1 aliphatic rings. The summed E-state index contributed by atoms with van der Waals surface area (Å²) in [5, 5.41) is 6.63. The Bertz CT molecular complexity index is 825. The van der Waals surface area contributed by atoms with Crippen LogP contribution in [0, 0.1) is 12.7 Å². The molecule has 0 radical (unpaired) electrons. The highest BCUT2D eigenvalue weighted by molar-refractivity contribution is 9.10. The molecule has 0 bridgehead atoms. The predicted molar refractivity (Wildman–Crippen MR) is 107 cm³/mol. The third kappa shape index (κ3) is 4.30. The van der Waals surface area contributed by atoms with E-state index in [0.717, 1.165) is 23.3 Å². The van der Waals surface area contributed by atoms with E-state index in [2.05, 4.69) is 52.5 Å². The number of ether oxygens (including phenoxy) is 1. The van der Waals surface area contributed by atoms with Crippen LogP contribution in [0.4, 0.5) is 10.1 Å². The summed E-state index contributed by atoms with van der Waals surface area (Å²) in [6, 6.07) is 11.0. The summed E-state index contributed by atoms with van der Waals surface area (Å²) in [6.07, 6.45) is 0.758. The summed E-state index contributed by atoms with van der Waals surface area (Å²) >= 11 is 8.65. The first-order valence-corrected chi connectivity index (χ1v) is 9.26. The number of hydrogen-bond donors (Lipinski definition) is 2. The minimum atomic E-state index is -0.359. The smallest absolute Gasteiger partial charge is 0.171 e. The van der Waals surface area contributed by atoms with Crippen molar-refractivity contribution >= 4 is 38.9 Å². The van der Waals surface area contributed by atoms with Gasteiger partial charge in [-0.25, -0.2) is 4.39 Å². The van der Waals surface area contributed by atoms with E-state index in [1.54, 1.807) is 12.1 Å². The summed E-state index contributed by atoms with van der Waals surface area (Å²) < 4.78 is 20.8. The van der Waals surface area contributed by atoms with Crippen molar-refractivity contribution in [3.63, 3.8) is 0 Å². The number of hydrogen-bond acceptors (Lipinski definition) is 2. The van der Waals surface area contributed by atoms with Crippen LogP contribution in [-0.4, -0.2) is 10.7 Å². The fourth-order valence-corrected chi connectivity index (χ4v) is 3.58. The molecule has 3 rings (SSSR count). The number of anilines is 1. The van der Waals surface area contributed by atoms with Crippen molar-refractivity contribution in [1.29, 1.82) is 0 Å². The van der Waals surface area contributed by atoms with E-state index in [1.165, 1.54) is 6.07 Å². The quantitative estimate of drug-likeness (QED) is 0.627. The van der Waals surface area contributed by atoms with Crippen LogP contribution in [0.1, 0.15) is 37.4 Å². The highest BCUT2D eigenvalue weighted by Crippen LogP contribution is 2.39. The molecule has 0 fully saturated rings. The maximum Gasteiger partial charge on any atom is 0.171 e. The second kappa shape index (κ2) is 6.92. The first-order valence-electron chi connectivity index (χ1n) is 8.06. The zero-order chi connectivity index (χ0) is 18.2. The number of halogens is 2. The predicted octanol–water partition coefficient (Wildman–Crippen LogP) is 5.49. The Kier molecular flexibility index (Phi) is 5.02. The Hall–Kier alpha value is -1.66. The standard InChI is InChI=1S/C19H20BrFN2OS/c1-11-4-6-13-16(10-19(2,3)24-17(13)8-11)23-18(25)22-15-7-5-12(20)9-14(15)21/h4-9,16H,10H2,1-3H3,(H2,22,23,25). The first kappa shape index (κ1) is 18.1. The van der Waals surface area contributed by atoms with Gasteiger partial charge in [-0.1, -0.05) is 28.1 Å². The van der Waals surface area contributed by atoms with Crippen LogP contribution in [0.2, 0.25) is 0 Å². The molecular weight excluding hydrogens is 403 g/mol. The molecule has 1 atom stereocenters. The van der Waals surface area contributed by atoms with Crippen LogP contribution in [0.15, 0.2) is 40.9 Å².